The molecule has 1 aromatic heterocycles. The van der Waals surface area contributed by atoms with Crippen molar-refractivity contribution in [1.29, 1.82) is 0 Å². The Balaban J connectivity index is 1.78. The van der Waals surface area contributed by atoms with Crippen LogP contribution in [0, 0.1) is 13.8 Å². The number of ether oxygens (including phenoxy) is 1. The van der Waals surface area contributed by atoms with Gasteiger partial charge in [-0.3, -0.25) is 14.5 Å². The highest BCUT2D eigenvalue weighted by molar-refractivity contribution is 6.02. The highest BCUT2D eigenvalue weighted by Gasteiger charge is 2.25. The van der Waals surface area contributed by atoms with Crippen molar-refractivity contribution in [3.63, 3.8) is 0 Å². The van der Waals surface area contributed by atoms with E-state index in [1.54, 1.807) is 7.11 Å². The van der Waals surface area contributed by atoms with Crippen molar-refractivity contribution in [2.45, 2.75) is 46.1 Å². The normalized spacial score (nSPS) is 15.7. The minimum absolute atomic E-state index is 0.0280. The molecule has 2 N–H and O–H groups in total. The van der Waals surface area contributed by atoms with Gasteiger partial charge in [0.25, 0.3) is 5.91 Å². The van der Waals surface area contributed by atoms with Crippen LogP contribution in [-0.4, -0.2) is 48.3 Å². The number of aryl methyl sites for hydroxylation is 1. The lowest BCUT2D eigenvalue weighted by atomic mass is 10.0. The number of amides is 1. The van der Waals surface area contributed by atoms with E-state index in [9.17, 15) is 9.59 Å². The maximum Gasteiger partial charge on any atom is 0.268 e. The smallest absolute Gasteiger partial charge is 0.268 e. The molecular weight excluding hydrogens is 366 g/mol. The number of piperidine rings is 1. The number of rotatable bonds is 7. The molecular formula is C23H31N3O3. The summed E-state index contributed by atoms with van der Waals surface area (Å²) in [5.41, 5.74) is 3.70. The Hall–Kier alpha value is -2.60. The molecule has 1 fully saturated rings. The Kier molecular flexibility index (Phi) is 6.75. The molecule has 1 amide bonds. The second kappa shape index (κ2) is 9.27. The Morgan fingerprint density at radius 1 is 1.14 bits per heavy atom. The minimum Gasteiger partial charge on any atom is -0.497 e. The van der Waals surface area contributed by atoms with E-state index in [1.807, 2.05) is 26.0 Å². The summed E-state index contributed by atoms with van der Waals surface area (Å²) in [6.07, 6.45) is 3.61. The summed E-state index contributed by atoms with van der Waals surface area (Å²) in [5, 5.41) is 3.09. The molecule has 0 radical (unpaired) electrons. The lowest BCUT2D eigenvalue weighted by Gasteiger charge is -2.35. The van der Waals surface area contributed by atoms with Gasteiger partial charge < -0.3 is 15.0 Å². The van der Waals surface area contributed by atoms with Gasteiger partial charge in [-0.05, 0) is 70.0 Å². The first-order valence-corrected chi connectivity index (χ1v) is 10.3. The molecule has 156 valence electrons. The first-order chi connectivity index (χ1) is 13.9. The number of nitrogens with one attached hydrogen (secondary N) is 2. The average Bonchev–Trinajstić information content (AvgIpc) is 3.03. The van der Waals surface area contributed by atoms with Crippen molar-refractivity contribution >= 4 is 11.7 Å². The van der Waals surface area contributed by atoms with Crippen LogP contribution in [0.5, 0.6) is 5.75 Å². The van der Waals surface area contributed by atoms with Crippen molar-refractivity contribution < 1.29 is 14.3 Å². The SMILES string of the molecule is COc1ccc(C(CNC(=O)c2[nH]c(C)c(C(C)=O)c2C)N2CCCCC2)cc1. The number of nitrogens with zero attached hydrogens (tertiary/aromatic N) is 1. The van der Waals surface area contributed by atoms with E-state index in [2.05, 4.69) is 27.3 Å². The molecule has 1 atom stereocenters. The predicted molar refractivity (Wildman–Crippen MR) is 114 cm³/mol. The van der Waals surface area contributed by atoms with E-state index in [0.717, 1.165) is 30.1 Å². The van der Waals surface area contributed by atoms with Gasteiger partial charge in [0, 0.05) is 17.8 Å². The Morgan fingerprint density at radius 3 is 2.34 bits per heavy atom. The average molecular weight is 398 g/mol. The molecule has 1 saturated heterocycles. The van der Waals surface area contributed by atoms with Gasteiger partial charge in [0.15, 0.2) is 5.78 Å². The summed E-state index contributed by atoms with van der Waals surface area (Å²) in [6, 6.07) is 8.18. The van der Waals surface area contributed by atoms with Crippen molar-refractivity contribution in [3.05, 3.63) is 52.3 Å². The van der Waals surface area contributed by atoms with Crippen molar-refractivity contribution in [2.75, 3.05) is 26.7 Å². The molecule has 0 bridgehead atoms. The summed E-state index contributed by atoms with van der Waals surface area (Å²) < 4.78 is 5.28. The van der Waals surface area contributed by atoms with Crippen LogP contribution in [-0.2, 0) is 0 Å². The predicted octanol–water partition coefficient (Wildman–Crippen LogP) is 3.80. The van der Waals surface area contributed by atoms with Crippen LogP contribution >= 0.6 is 0 Å². The quantitative estimate of drug-likeness (QED) is 0.697. The van der Waals surface area contributed by atoms with Gasteiger partial charge in [-0.1, -0.05) is 18.6 Å². The lowest BCUT2D eigenvalue weighted by Crippen LogP contribution is -2.40. The summed E-state index contributed by atoms with van der Waals surface area (Å²) in [7, 11) is 1.66. The van der Waals surface area contributed by atoms with E-state index >= 15 is 0 Å². The fourth-order valence-electron chi connectivity index (χ4n) is 4.30. The number of likely N-dealkylation sites (tertiary alicyclic amines) is 1. The highest BCUT2D eigenvalue weighted by Crippen LogP contribution is 2.26. The third-order valence-corrected chi connectivity index (χ3v) is 5.80. The molecule has 0 saturated carbocycles. The molecule has 3 rings (SSSR count). The van der Waals surface area contributed by atoms with E-state index in [-0.39, 0.29) is 17.7 Å². The van der Waals surface area contributed by atoms with E-state index in [1.165, 1.54) is 26.2 Å². The van der Waals surface area contributed by atoms with Gasteiger partial charge in [0.1, 0.15) is 11.4 Å². The number of carbonyl (C=O) groups is 2. The third-order valence-electron chi connectivity index (χ3n) is 5.80. The van der Waals surface area contributed by atoms with Gasteiger partial charge >= 0.3 is 0 Å². The van der Waals surface area contributed by atoms with Crippen LogP contribution < -0.4 is 10.1 Å². The van der Waals surface area contributed by atoms with Crippen molar-refractivity contribution in [3.8, 4) is 5.75 Å². The number of carbonyl (C=O) groups excluding carboxylic acids is 2. The van der Waals surface area contributed by atoms with E-state index < -0.39 is 0 Å². The first-order valence-electron chi connectivity index (χ1n) is 10.3. The molecule has 6 nitrogen and oxygen atoms in total. The van der Waals surface area contributed by atoms with Crippen LogP contribution in [0.4, 0.5) is 0 Å². The number of hydrogen-bond donors (Lipinski definition) is 2. The number of benzene rings is 1. The zero-order valence-corrected chi connectivity index (χ0v) is 17.8. The molecule has 0 spiro atoms. The summed E-state index contributed by atoms with van der Waals surface area (Å²) in [5.74, 6) is 0.623. The van der Waals surface area contributed by atoms with Gasteiger partial charge in [-0.15, -0.1) is 0 Å². The standard InChI is InChI=1S/C23H31N3O3/c1-15-21(17(3)27)16(2)25-22(15)23(28)24-14-20(26-12-6-5-7-13-26)18-8-10-19(29-4)11-9-18/h8-11,20,25H,5-7,12-14H2,1-4H3,(H,24,28). The Morgan fingerprint density at radius 2 is 1.79 bits per heavy atom. The Bertz CT molecular complexity index is 864. The molecule has 0 aliphatic carbocycles. The van der Waals surface area contributed by atoms with Crippen LogP contribution in [0.3, 0.4) is 0 Å². The molecule has 6 heteroatoms. The van der Waals surface area contributed by atoms with Crippen LogP contribution in [0.2, 0.25) is 0 Å². The zero-order valence-electron chi connectivity index (χ0n) is 17.8. The van der Waals surface area contributed by atoms with Crippen LogP contribution in [0.25, 0.3) is 0 Å². The Labute approximate surface area is 172 Å². The molecule has 1 aromatic carbocycles. The largest absolute Gasteiger partial charge is 0.497 e. The van der Waals surface area contributed by atoms with Crippen molar-refractivity contribution in [1.82, 2.24) is 15.2 Å². The second-order valence-corrected chi connectivity index (χ2v) is 7.78. The van der Waals surface area contributed by atoms with Crippen LogP contribution in [0.15, 0.2) is 24.3 Å². The zero-order chi connectivity index (χ0) is 21.0. The van der Waals surface area contributed by atoms with Gasteiger partial charge in [-0.2, -0.15) is 0 Å². The van der Waals surface area contributed by atoms with Crippen molar-refractivity contribution in [2.24, 2.45) is 0 Å². The van der Waals surface area contributed by atoms with Gasteiger partial charge in [0.05, 0.1) is 13.2 Å². The number of hydrogen-bond acceptors (Lipinski definition) is 4. The number of Topliss-reactive ketones (excluding diaryl/α,β-unsaturated/α-hetero) is 1. The third kappa shape index (κ3) is 4.70. The lowest BCUT2D eigenvalue weighted by molar-refractivity contribution is 0.0919. The van der Waals surface area contributed by atoms with Crippen LogP contribution in [0.1, 0.15) is 69.9 Å². The topological polar surface area (TPSA) is 74.4 Å². The maximum atomic E-state index is 12.9. The fourth-order valence-corrected chi connectivity index (χ4v) is 4.30. The molecule has 1 aliphatic rings. The minimum atomic E-state index is -0.173. The second-order valence-electron chi connectivity index (χ2n) is 7.78. The molecule has 29 heavy (non-hydrogen) atoms. The highest BCUT2D eigenvalue weighted by atomic mass is 16.5. The maximum absolute atomic E-state index is 12.9. The number of aromatic amines is 1. The number of aromatic nitrogens is 1. The molecule has 2 heterocycles. The fraction of sp³-hybridized carbons (Fsp3) is 0.478. The van der Waals surface area contributed by atoms with Gasteiger partial charge in [-0.25, -0.2) is 0 Å². The number of H-pyrrole nitrogens is 1. The monoisotopic (exact) mass is 397 g/mol. The van der Waals surface area contributed by atoms with E-state index in [0.29, 0.717) is 23.4 Å². The molecule has 2 aromatic rings. The molecule has 1 aliphatic heterocycles. The van der Waals surface area contributed by atoms with Gasteiger partial charge in [0.2, 0.25) is 0 Å². The summed E-state index contributed by atoms with van der Waals surface area (Å²) >= 11 is 0. The summed E-state index contributed by atoms with van der Waals surface area (Å²) in [4.78, 5) is 30.3. The van der Waals surface area contributed by atoms with E-state index in [4.69, 9.17) is 4.74 Å². The molecule has 1 unspecified atom stereocenters. The summed E-state index contributed by atoms with van der Waals surface area (Å²) in [6.45, 7) is 7.75. The first kappa shape index (κ1) is 21.1. The number of ketones is 1. The number of methoxy groups -OCH3 is 1.